The summed E-state index contributed by atoms with van der Waals surface area (Å²) < 4.78 is 18.4. The van der Waals surface area contributed by atoms with E-state index in [1.54, 1.807) is 0 Å². The van der Waals surface area contributed by atoms with E-state index in [1.165, 1.54) is 0 Å². The number of aryl methyl sites for hydroxylation is 1. The van der Waals surface area contributed by atoms with Gasteiger partial charge in [0, 0.05) is 5.56 Å². The van der Waals surface area contributed by atoms with Gasteiger partial charge >= 0.3 is 0 Å². The summed E-state index contributed by atoms with van der Waals surface area (Å²) in [4.78, 5) is 23.3. The maximum absolute atomic E-state index is 13.0. The van der Waals surface area contributed by atoms with Crippen LogP contribution < -0.4 is 15.1 Å². The molecule has 1 heterocycles. The van der Waals surface area contributed by atoms with Gasteiger partial charge in [0.25, 0.3) is 7.52 Å². The lowest BCUT2D eigenvalue weighted by molar-refractivity contribution is -0.124. The molecule has 1 amide bonds. The van der Waals surface area contributed by atoms with E-state index in [4.69, 9.17) is 4.74 Å². The third kappa shape index (κ3) is 6.63. The van der Waals surface area contributed by atoms with E-state index in [2.05, 4.69) is 24.3 Å². The van der Waals surface area contributed by atoms with E-state index < -0.39 is 13.6 Å². The van der Waals surface area contributed by atoms with Crippen LogP contribution in [0.25, 0.3) is 0 Å². The highest BCUT2D eigenvalue weighted by Gasteiger charge is 2.32. The lowest BCUT2D eigenvalue weighted by Crippen LogP contribution is -2.45. The first-order chi connectivity index (χ1) is 12.6. The van der Waals surface area contributed by atoms with Gasteiger partial charge in [-0.2, -0.15) is 0 Å². The van der Waals surface area contributed by atoms with E-state index in [0.717, 1.165) is 17.5 Å². The Balaban J connectivity index is 2.44. The molecular formula is C20H33N2O4P. The molecule has 1 aromatic carbocycles. The Kier molecular flexibility index (Phi) is 7.49. The molecule has 27 heavy (non-hydrogen) atoms. The molecule has 0 fully saturated rings. The number of amides is 1. The molecule has 3 atom stereocenters. The Hall–Kier alpha value is -1.36. The number of ether oxygens (including phenoxy) is 1. The second-order valence-electron chi connectivity index (χ2n) is 8.32. The topological polar surface area (TPSA) is 87.7 Å². The second-order valence-corrected chi connectivity index (χ2v) is 10.4. The predicted molar refractivity (Wildman–Crippen MR) is 108 cm³/mol. The SMILES string of the molecule is Cc1ccc2c(c1)C(CC(C)C)NC(=O)C(CC(C)C)NP(=O)(O)CCO2. The first-order valence-corrected chi connectivity index (χ1v) is 11.5. The highest BCUT2D eigenvalue weighted by atomic mass is 31.2. The molecule has 0 bridgehead atoms. The van der Waals surface area contributed by atoms with Gasteiger partial charge in [-0.05, 0) is 37.7 Å². The summed E-state index contributed by atoms with van der Waals surface area (Å²) in [5, 5.41) is 5.81. The van der Waals surface area contributed by atoms with Crippen LogP contribution in [0.3, 0.4) is 0 Å². The Bertz CT molecular complexity index is 705. The Labute approximate surface area is 162 Å². The van der Waals surface area contributed by atoms with Crippen LogP contribution in [0, 0.1) is 18.8 Å². The van der Waals surface area contributed by atoms with Gasteiger partial charge in [0.1, 0.15) is 5.75 Å². The first-order valence-electron chi connectivity index (χ1n) is 9.70. The van der Waals surface area contributed by atoms with E-state index in [9.17, 15) is 14.3 Å². The molecule has 0 aromatic heterocycles. The monoisotopic (exact) mass is 396 g/mol. The van der Waals surface area contributed by atoms with Gasteiger partial charge in [-0.3, -0.25) is 9.36 Å². The fourth-order valence-electron chi connectivity index (χ4n) is 3.36. The highest BCUT2D eigenvalue weighted by Crippen LogP contribution is 2.38. The number of carbonyl (C=O) groups is 1. The molecule has 3 unspecified atom stereocenters. The molecule has 1 aromatic rings. The number of nitrogens with one attached hydrogen (secondary N) is 2. The van der Waals surface area contributed by atoms with Crippen molar-refractivity contribution in [3.05, 3.63) is 29.3 Å². The molecule has 1 aliphatic rings. The Morgan fingerprint density at radius 2 is 1.81 bits per heavy atom. The van der Waals surface area contributed by atoms with Gasteiger partial charge in [-0.15, -0.1) is 0 Å². The summed E-state index contributed by atoms with van der Waals surface area (Å²) in [5.74, 6) is 1.01. The number of hydrogen-bond acceptors (Lipinski definition) is 3. The normalized spacial score (nSPS) is 26.9. The molecule has 3 N–H and O–H groups in total. The third-order valence-corrected chi connectivity index (χ3v) is 6.10. The van der Waals surface area contributed by atoms with Crippen LogP contribution in [0.15, 0.2) is 18.2 Å². The number of fused-ring (bicyclic) bond motifs is 1. The summed E-state index contributed by atoms with van der Waals surface area (Å²) in [6.07, 6.45) is 1.21. The molecular weight excluding hydrogens is 363 g/mol. The largest absolute Gasteiger partial charge is 0.493 e. The minimum atomic E-state index is -3.68. The number of hydrogen-bond donors (Lipinski definition) is 3. The first kappa shape index (κ1) is 21.9. The van der Waals surface area contributed by atoms with Crippen molar-refractivity contribution in [2.24, 2.45) is 11.8 Å². The molecule has 0 aliphatic carbocycles. The van der Waals surface area contributed by atoms with E-state index >= 15 is 0 Å². The van der Waals surface area contributed by atoms with Gasteiger partial charge in [-0.25, -0.2) is 5.09 Å². The summed E-state index contributed by atoms with van der Waals surface area (Å²) in [5.41, 5.74) is 2.01. The maximum Gasteiger partial charge on any atom is 0.271 e. The number of rotatable bonds is 4. The van der Waals surface area contributed by atoms with Gasteiger partial charge in [0.2, 0.25) is 5.91 Å². The molecule has 0 saturated carbocycles. The lowest BCUT2D eigenvalue weighted by Gasteiger charge is -2.27. The van der Waals surface area contributed by atoms with Crippen LogP contribution in [0.4, 0.5) is 0 Å². The van der Waals surface area contributed by atoms with Crippen LogP contribution in [0.1, 0.15) is 57.7 Å². The molecule has 0 spiro atoms. The van der Waals surface area contributed by atoms with Crippen molar-refractivity contribution in [3.8, 4) is 5.75 Å². The smallest absolute Gasteiger partial charge is 0.271 e. The average Bonchev–Trinajstić information content (AvgIpc) is 2.54. The number of benzene rings is 1. The quantitative estimate of drug-likeness (QED) is 0.674. The molecule has 0 saturated heterocycles. The lowest BCUT2D eigenvalue weighted by atomic mass is 9.94. The van der Waals surface area contributed by atoms with Crippen molar-refractivity contribution >= 4 is 13.4 Å². The summed E-state index contributed by atoms with van der Waals surface area (Å²) >= 11 is 0. The zero-order valence-electron chi connectivity index (χ0n) is 17.0. The number of carbonyl (C=O) groups excluding carboxylic acids is 1. The van der Waals surface area contributed by atoms with Crippen molar-refractivity contribution < 1.29 is 19.0 Å². The third-order valence-electron chi connectivity index (χ3n) is 4.60. The molecule has 1 aliphatic heterocycles. The van der Waals surface area contributed by atoms with Gasteiger partial charge in [0.05, 0.1) is 24.9 Å². The van der Waals surface area contributed by atoms with Crippen LogP contribution in [-0.4, -0.2) is 29.6 Å². The molecule has 2 rings (SSSR count). The van der Waals surface area contributed by atoms with Gasteiger partial charge < -0.3 is 14.9 Å². The van der Waals surface area contributed by atoms with Crippen LogP contribution >= 0.6 is 7.52 Å². The predicted octanol–water partition coefficient (Wildman–Crippen LogP) is 3.78. The summed E-state index contributed by atoms with van der Waals surface area (Å²) in [6, 6.07) is 4.94. The molecule has 152 valence electrons. The molecule has 7 heteroatoms. The van der Waals surface area contributed by atoms with Crippen LogP contribution in [-0.2, 0) is 9.36 Å². The standard InChI is InChI=1S/C20H33N2O4P/c1-13(2)10-17-16-12-15(5)6-7-19(16)26-8-9-27(24,25)22-18(11-14(3)4)20(23)21-17/h6-7,12-14,17-18H,8-11H2,1-5H3,(H,21,23)(H2,22,24,25). The van der Waals surface area contributed by atoms with Crippen LogP contribution in [0.5, 0.6) is 5.75 Å². The van der Waals surface area contributed by atoms with Crippen LogP contribution in [0.2, 0.25) is 0 Å². The second kappa shape index (κ2) is 9.22. The minimum Gasteiger partial charge on any atom is -0.493 e. The van der Waals surface area contributed by atoms with Crippen molar-refractivity contribution in [2.75, 3.05) is 12.8 Å². The van der Waals surface area contributed by atoms with Crippen molar-refractivity contribution in [3.63, 3.8) is 0 Å². The fourth-order valence-corrected chi connectivity index (χ4v) is 4.53. The van der Waals surface area contributed by atoms with Crippen molar-refractivity contribution in [1.82, 2.24) is 10.4 Å². The fraction of sp³-hybridized carbons (Fsp3) is 0.650. The summed E-state index contributed by atoms with van der Waals surface area (Å²) in [7, 11) is -3.68. The van der Waals surface area contributed by atoms with Gasteiger partial charge in [-0.1, -0.05) is 45.4 Å². The van der Waals surface area contributed by atoms with E-state index in [0.29, 0.717) is 18.1 Å². The zero-order valence-corrected chi connectivity index (χ0v) is 17.9. The van der Waals surface area contributed by atoms with Crippen molar-refractivity contribution in [1.29, 1.82) is 0 Å². The zero-order chi connectivity index (χ0) is 20.2. The van der Waals surface area contributed by atoms with E-state index in [-0.39, 0.29) is 30.6 Å². The van der Waals surface area contributed by atoms with Crippen molar-refractivity contribution in [2.45, 2.75) is 59.5 Å². The molecule has 6 nitrogen and oxygen atoms in total. The Morgan fingerprint density at radius 1 is 1.19 bits per heavy atom. The molecule has 0 radical (unpaired) electrons. The summed E-state index contributed by atoms with van der Waals surface area (Å²) in [6.45, 7) is 10.3. The highest BCUT2D eigenvalue weighted by molar-refractivity contribution is 7.55. The Morgan fingerprint density at radius 3 is 2.44 bits per heavy atom. The minimum absolute atomic E-state index is 0.0446. The van der Waals surface area contributed by atoms with Gasteiger partial charge in [0.15, 0.2) is 0 Å². The maximum atomic E-state index is 13.0. The average molecular weight is 396 g/mol. The van der Waals surface area contributed by atoms with E-state index in [1.807, 2.05) is 39.0 Å².